The first-order valence-corrected chi connectivity index (χ1v) is 4.35. The van der Waals surface area contributed by atoms with Crippen LogP contribution < -0.4 is 0 Å². The minimum Gasteiger partial charge on any atom is -0.376 e. The van der Waals surface area contributed by atoms with Crippen molar-refractivity contribution in [2.75, 3.05) is 13.2 Å². The molecule has 2 rings (SSSR count). The lowest BCUT2D eigenvalue weighted by Gasteiger charge is -2.23. The standard InChI is InChI=1S/C9H14O2/c1-2-6-10-8(4-1)9-5-3-7-11-9/h1-2,8-9H,3-7H2. The van der Waals surface area contributed by atoms with Crippen LogP contribution in [0.25, 0.3) is 0 Å². The first-order chi connectivity index (χ1) is 5.47. The molecule has 0 amide bonds. The SMILES string of the molecule is C1=CCC(C2CCCO2)OC1. The summed E-state index contributed by atoms with van der Waals surface area (Å²) in [6, 6.07) is 0. The third-order valence-electron chi connectivity index (χ3n) is 2.32. The van der Waals surface area contributed by atoms with Crippen molar-refractivity contribution in [2.45, 2.75) is 31.5 Å². The Morgan fingerprint density at radius 3 is 2.73 bits per heavy atom. The largest absolute Gasteiger partial charge is 0.376 e. The Labute approximate surface area is 67.2 Å². The van der Waals surface area contributed by atoms with Crippen LogP contribution in [0, 0.1) is 0 Å². The number of hydrogen-bond donors (Lipinski definition) is 0. The molecule has 2 heterocycles. The molecule has 2 nitrogen and oxygen atoms in total. The van der Waals surface area contributed by atoms with Gasteiger partial charge in [0.05, 0.1) is 18.8 Å². The summed E-state index contributed by atoms with van der Waals surface area (Å²) >= 11 is 0. The van der Waals surface area contributed by atoms with Crippen LogP contribution in [-0.4, -0.2) is 25.4 Å². The van der Waals surface area contributed by atoms with E-state index in [0.717, 1.165) is 19.6 Å². The van der Waals surface area contributed by atoms with Crippen molar-refractivity contribution in [1.82, 2.24) is 0 Å². The molecule has 0 bridgehead atoms. The van der Waals surface area contributed by atoms with Gasteiger partial charge in [-0.2, -0.15) is 0 Å². The first kappa shape index (κ1) is 7.32. The highest BCUT2D eigenvalue weighted by atomic mass is 16.5. The van der Waals surface area contributed by atoms with Crippen molar-refractivity contribution in [3.8, 4) is 0 Å². The zero-order valence-corrected chi connectivity index (χ0v) is 6.66. The van der Waals surface area contributed by atoms with Crippen molar-refractivity contribution in [3.63, 3.8) is 0 Å². The highest BCUT2D eigenvalue weighted by Crippen LogP contribution is 2.21. The smallest absolute Gasteiger partial charge is 0.0875 e. The predicted octanol–water partition coefficient (Wildman–Crippen LogP) is 1.51. The van der Waals surface area contributed by atoms with Crippen molar-refractivity contribution in [3.05, 3.63) is 12.2 Å². The fraction of sp³-hybridized carbons (Fsp3) is 0.778. The van der Waals surface area contributed by atoms with E-state index < -0.39 is 0 Å². The zero-order valence-electron chi connectivity index (χ0n) is 6.66. The Hall–Kier alpha value is -0.340. The van der Waals surface area contributed by atoms with Crippen molar-refractivity contribution < 1.29 is 9.47 Å². The molecule has 1 saturated heterocycles. The fourth-order valence-electron chi connectivity index (χ4n) is 1.70. The van der Waals surface area contributed by atoms with Gasteiger partial charge >= 0.3 is 0 Å². The second-order valence-electron chi connectivity index (χ2n) is 3.13. The van der Waals surface area contributed by atoms with E-state index in [9.17, 15) is 0 Å². The van der Waals surface area contributed by atoms with Crippen LogP contribution in [0.4, 0.5) is 0 Å². The van der Waals surface area contributed by atoms with Crippen LogP contribution in [0.3, 0.4) is 0 Å². The zero-order chi connectivity index (χ0) is 7.52. The summed E-state index contributed by atoms with van der Waals surface area (Å²) in [6.07, 6.45) is 8.39. The number of ether oxygens (including phenoxy) is 2. The molecule has 62 valence electrons. The van der Waals surface area contributed by atoms with Gasteiger partial charge in [0.15, 0.2) is 0 Å². The van der Waals surface area contributed by atoms with Gasteiger partial charge in [-0.15, -0.1) is 0 Å². The Balaban J connectivity index is 1.88. The van der Waals surface area contributed by atoms with E-state index in [1.54, 1.807) is 0 Å². The normalized spacial score (nSPS) is 37.8. The molecular formula is C9H14O2. The van der Waals surface area contributed by atoms with Crippen LogP contribution in [0.5, 0.6) is 0 Å². The Bertz CT molecular complexity index is 148. The molecule has 0 spiro atoms. The molecule has 0 aromatic heterocycles. The van der Waals surface area contributed by atoms with E-state index in [0.29, 0.717) is 12.2 Å². The second kappa shape index (κ2) is 3.37. The topological polar surface area (TPSA) is 18.5 Å². The molecule has 0 saturated carbocycles. The minimum atomic E-state index is 0.336. The quantitative estimate of drug-likeness (QED) is 0.533. The van der Waals surface area contributed by atoms with Gasteiger partial charge in [0.2, 0.25) is 0 Å². The summed E-state index contributed by atoms with van der Waals surface area (Å²) in [5.74, 6) is 0. The maximum absolute atomic E-state index is 5.55. The molecule has 0 aromatic carbocycles. The highest BCUT2D eigenvalue weighted by Gasteiger charge is 2.26. The Kier molecular flexibility index (Phi) is 2.24. The molecule has 0 radical (unpaired) electrons. The van der Waals surface area contributed by atoms with Gasteiger partial charge in [-0.3, -0.25) is 0 Å². The van der Waals surface area contributed by atoms with Gasteiger partial charge in [-0.1, -0.05) is 12.2 Å². The number of rotatable bonds is 1. The predicted molar refractivity (Wildman–Crippen MR) is 42.5 cm³/mol. The average Bonchev–Trinajstić information content (AvgIpc) is 2.58. The lowest BCUT2D eigenvalue weighted by molar-refractivity contribution is -0.0418. The summed E-state index contributed by atoms with van der Waals surface area (Å²) in [7, 11) is 0. The maximum atomic E-state index is 5.55. The Morgan fingerprint density at radius 2 is 2.09 bits per heavy atom. The molecule has 11 heavy (non-hydrogen) atoms. The summed E-state index contributed by atoms with van der Waals surface area (Å²) in [5.41, 5.74) is 0. The van der Waals surface area contributed by atoms with Crippen molar-refractivity contribution >= 4 is 0 Å². The second-order valence-corrected chi connectivity index (χ2v) is 3.13. The number of hydrogen-bond acceptors (Lipinski definition) is 2. The van der Waals surface area contributed by atoms with E-state index >= 15 is 0 Å². The molecule has 2 heteroatoms. The minimum absolute atomic E-state index is 0.336. The molecule has 2 aliphatic heterocycles. The fourth-order valence-corrected chi connectivity index (χ4v) is 1.70. The molecular weight excluding hydrogens is 140 g/mol. The van der Waals surface area contributed by atoms with Gasteiger partial charge in [0, 0.05) is 6.61 Å². The van der Waals surface area contributed by atoms with Gasteiger partial charge < -0.3 is 9.47 Å². The van der Waals surface area contributed by atoms with Gasteiger partial charge in [-0.25, -0.2) is 0 Å². The van der Waals surface area contributed by atoms with E-state index in [2.05, 4.69) is 12.2 Å². The lowest BCUT2D eigenvalue weighted by Crippen LogP contribution is -2.29. The lowest BCUT2D eigenvalue weighted by atomic mass is 10.1. The molecule has 1 fully saturated rings. The molecule has 0 aliphatic carbocycles. The highest BCUT2D eigenvalue weighted by molar-refractivity contribution is 4.92. The van der Waals surface area contributed by atoms with Crippen LogP contribution in [0.1, 0.15) is 19.3 Å². The van der Waals surface area contributed by atoms with E-state index in [1.807, 2.05) is 0 Å². The van der Waals surface area contributed by atoms with Crippen LogP contribution in [-0.2, 0) is 9.47 Å². The van der Waals surface area contributed by atoms with Gasteiger partial charge in [0.25, 0.3) is 0 Å². The molecule has 2 atom stereocenters. The van der Waals surface area contributed by atoms with Gasteiger partial charge in [-0.05, 0) is 19.3 Å². The van der Waals surface area contributed by atoms with Crippen LogP contribution >= 0.6 is 0 Å². The summed E-state index contributed by atoms with van der Waals surface area (Å²) in [5, 5.41) is 0. The van der Waals surface area contributed by atoms with E-state index in [4.69, 9.17) is 9.47 Å². The molecule has 0 aromatic rings. The summed E-state index contributed by atoms with van der Waals surface area (Å²) < 4.78 is 11.1. The monoisotopic (exact) mass is 154 g/mol. The molecule has 2 aliphatic rings. The third kappa shape index (κ3) is 1.63. The summed E-state index contributed by atoms with van der Waals surface area (Å²) in [6.45, 7) is 1.69. The van der Waals surface area contributed by atoms with Crippen molar-refractivity contribution in [2.24, 2.45) is 0 Å². The van der Waals surface area contributed by atoms with Crippen LogP contribution in [0.15, 0.2) is 12.2 Å². The van der Waals surface area contributed by atoms with Crippen LogP contribution in [0.2, 0.25) is 0 Å². The third-order valence-corrected chi connectivity index (χ3v) is 2.32. The maximum Gasteiger partial charge on any atom is 0.0875 e. The Morgan fingerprint density at radius 1 is 1.09 bits per heavy atom. The molecule has 2 unspecified atom stereocenters. The van der Waals surface area contributed by atoms with Gasteiger partial charge in [0.1, 0.15) is 0 Å². The van der Waals surface area contributed by atoms with Crippen molar-refractivity contribution in [1.29, 1.82) is 0 Å². The van der Waals surface area contributed by atoms with E-state index in [1.165, 1.54) is 12.8 Å². The summed E-state index contributed by atoms with van der Waals surface area (Å²) in [4.78, 5) is 0. The first-order valence-electron chi connectivity index (χ1n) is 4.35. The molecule has 0 N–H and O–H groups in total. The average molecular weight is 154 g/mol. The van der Waals surface area contributed by atoms with E-state index in [-0.39, 0.29) is 0 Å².